The van der Waals surface area contributed by atoms with Gasteiger partial charge in [0.15, 0.2) is 5.82 Å². The molecule has 0 atom stereocenters. The van der Waals surface area contributed by atoms with Gasteiger partial charge in [0.25, 0.3) is 15.9 Å². The van der Waals surface area contributed by atoms with E-state index in [1.807, 2.05) is 6.07 Å². The number of nitrogens with one attached hydrogen (secondary N) is 2. The van der Waals surface area contributed by atoms with E-state index >= 15 is 0 Å². The molecule has 1 aliphatic heterocycles. The topological polar surface area (TPSA) is 119 Å². The maximum atomic E-state index is 13.4. The van der Waals surface area contributed by atoms with Gasteiger partial charge in [-0.25, -0.2) is 13.1 Å². The molecule has 2 heterocycles. The third kappa shape index (κ3) is 2.79. The average molecular weight is 432 g/mol. The maximum Gasteiger partial charge on any atom is 0.262 e. The van der Waals surface area contributed by atoms with Crippen LogP contribution in [0.5, 0.6) is 0 Å². The number of tetrazole rings is 1. The number of aromatic nitrogens is 4. The lowest BCUT2D eigenvalue weighted by molar-refractivity contribution is 0.103. The Labute approximate surface area is 177 Å². The summed E-state index contributed by atoms with van der Waals surface area (Å²) in [6.07, 6.45) is 2.00. The molecular formula is C21H16N6O3S. The van der Waals surface area contributed by atoms with Gasteiger partial charge < -0.3 is 5.32 Å². The quantitative estimate of drug-likeness (QED) is 0.500. The summed E-state index contributed by atoms with van der Waals surface area (Å²) >= 11 is 0. The number of benzene rings is 3. The van der Waals surface area contributed by atoms with Gasteiger partial charge in [-0.15, -0.1) is 5.10 Å². The summed E-state index contributed by atoms with van der Waals surface area (Å²) in [5.74, 6) is 0.288. The summed E-state index contributed by atoms with van der Waals surface area (Å²) < 4.78 is 31.3. The SMILES string of the molecule is O=C1Nc2ccc(S(=O)(=O)Nc3ccccc3-c3nnnn3C3CC3)c3cccc1c23. The maximum absolute atomic E-state index is 13.4. The molecule has 0 spiro atoms. The summed E-state index contributed by atoms with van der Waals surface area (Å²) in [6.45, 7) is 0. The van der Waals surface area contributed by atoms with Gasteiger partial charge in [0.1, 0.15) is 0 Å². The molecule has 0 saturated heterocycles. The van der Waals surface area contributed by atoms with Gasteiger partial charge in [0.05, 0.1) is 16.6 Å². The van der Waals surface area contributed by atoms with E-state index < -0.39 is 10.0 Å². The highest BCUT2D eigenvalue weighted by Crippen LogP contribution is 2.39. The van der Waals surface area contributed by atoms with Gasteiger partial charge in [0, 0.05) is 27.6 Å². The van der Waals surface area contributed by atoms with E-state index in [1.165, 1.54) is 6.07 Å². The molecule has 1 fully saturated rings. The Bertz CT molecular complexity index is 1490. The molecule has 0 unspecified atom stereocenters. The highest BCUT2D eigenvalue weighted by atomic mass is 32.2. The van der Waals surface area contributed by atoms with Crippen molar-refractivity contribution in [1.29, 1.82) is 0 Å². The van der Waals surface area contributed by atoms with E-state index in [9.17, 15) is 13.2 Å². The van der Waals surface area contributed by atoms with Gasteiger partial charge in [-0.2, -0.15) is 0 Å². The van der Waals surface area contributed by atoms with Crippen LogP contribution in [0.25, 0.3) is 22.2 Å². The highest BCUT2D eigenvalue weighted by Gasteiger charge is 2.30. The second-order valence-corrected chi connectivity index (χ2v) is 9.27. The number of hydrogen-bond donors (Lipinski definition) is 2. The molecule has 1 aliphatic carbocycles. The first-order valence-electron chi connectivity index (χ1n) is 9.80. The second kappa shape index (κ2) is 6.35. The molecule has 6 rings (SSSR count). The molecule has 9 nitrogen and oxygen atoms in total. The zero-order chi connectivity index (χ0) is 21.2. The molecule has 1 aromatic heterocycles. The van der Waals surface area contributed by atoms with E-state index in [-0.39, 0.29) is 16.8 Å². The molecule has 10 heteroatoms. The number of hydrogen-bond acceptors (Lipinski definition) is 6. The minimum Gasteiger partial charge on any atom is -0.321 e. The number of nitrogens with zero attached hydrogens (tertiary/aromatic N) is 4. The predicted octanol–water partition coefficient (Wildman–Crippen LogP) is 3.19. The molecule has 4 aromatic rings. The number of amides is 1. The lowest BCUT2D eigenvalue weighted by atomic mass is 10.1. The van der Waals surface area contributed by atoms with Crippen LogP contribution in [0, 0.1) is 0 Å². The van der Waals surface area contributed by atoms with E-state index in [2.05, 4.69) is 25.6 Å². The smallest absolute Gasteiger partial charge is 0.262 e. The van der Waals surface area contributed by atoms with E-state index in [0.29, 0.717) is 39.1 Å². The van der Waals surface area contributed by atoms with Crippen LogP contribution in [-0.2, 0) is 10.0 Å². The lowest BCUT2D eigenvalue weighted by Gasteiger charge is -2.14. The van der Waals surface area contributed by atoms with Crippen molar-refractivity contribution in [2.45, 2.75) is 23.8 Å². The fourth-order valence-corrected chi connectivity index (χ4v) is 5.28. The fourth-order valence-electron chi connectivity index (χ4n) is 4.00. The van der Waals surface area contributed by atoms with E-state index in [1.54, 1.807) is 47.1 Å². The van der Waals surface area contributed by atoms with Gasteiger partial charge in [0.2, 0.25) is 0 Å². The van der Waals surface area contributed by atoms with E-state index in [4.69, 9.17) is 0 Å². The molecular weight excluding hydrogens is 416 g/mol. The molecule has 3 aromatic carbocycles. The number of para-hydroxylation sites is 1. The minimum atomic E-state index is -3.96. The van der Waals surface area contributed by atoms with Gasteiger partial charge in [-0.3, -0.25) is 9.52 Å². The first-order chi connectivity index (χ1) is 15.0. The van der Waals surface area contributed by atoms with Crippen LogP contribution in [0.1, 0.15) is 29.2 Å². The Morgan fingerprint density at radius 1 is 1.00 bits per heavy atom. The summed E-state index contributed by atoms with van der Waals surface area (Å²) in [5.41, 5.74) is 2.06. The Hall–Kier alpha value is -3.79. The highest BCUT2D eigenvalue weighted by molar-refractivity contribution is 7.93. The van der Waals surface area contributed by atoms with Crippen molar-refractivity contribution in [1.82, 2.24) is 20.2 Å². The Morgan fingerprint density at radius 2 is 1.81 bits per heavy atom. The van der Waals surface area contributed by atoms with Gasteiger partial charge >= 0.3 is 0 Å². The molecule has 2 N–H and O–H groups in total. The summed E-state index contributed by atoms with van der Waals surface area (Å²) in [5, 5.41) is 15.8. The average Bonchev–Trinajstić information content (AvgIpc) is 3.40. The fraction of sp³-hybridized carbons (Fsp3) is 0.143. The molecule has 1 amide bonds. The standard InChI is InChI=1S/C21H16N6O3S/c28-21-15-6-3-5-14-18(11-10-17(22-21)19(14)15)31(29,30)24-16-7-2-1-4-13(16)20-23-25-26-27(20)12-8-9-12/h1-7,10-12,24H,8-9H2,(H,22,28). The van der Waals surface area contributed by atoms with Crippen LogP contribution < -0.4 is 10.0 Å². The Morgan fingerprint density at radius 3 is 2.65 bits per heavy atom. The predicted molar refractivity (Wildman–Crippen MR) is 114 cm³/mol. The Kier molecular flexibility index (Phi) is 3.69. The number of rotatable bonds is 5. The monoisotopic (exact) mass is 432 g/mol. The zero-order valence-corrected chi connectivity index (χ0v) is 16.9. The van der Waals surface area contributed by atoms with Crippen LogP contribution in [0.4, 0.5) is 11.4 Å². The first-order valence-corrected chi connectivity index (χ1v) is 11.3. The van der Waals surface area contributed by atoms with Gasteiger partial charge in [-0.1, -0.05) is 24.3 Å². The van der Waals surface area contributed by atoms with Crippen molar-refractivity contribution in [2.75, 3.05) is 10.0 Å². The van der Waals surface area contributed by atoms with Crippen LogP contribution >= 0.6 is 0 Å². The molecule has 0 bridgehead atoms. The molecule has 154 valence electrons. The number of carbonyl (C=O) groups excluding carboxylic acids is 1. The molecule has 31 heavy (non-hydrogen) atoms. The number of anilines is 2. The van der Waals surface area contributed by atoms with Crippen LogP contribution in [-0.4, -0.2) is 34.5 Å². The molecule has 0 radical (unpaired) electrons. The van der Waals surface area contributed by atoms with E-state index in [0.717, 1.165) is 12.8 Å². The number of carbonyl (C=O) groups is 1. The lowest BCUT2D eigenvalue weighted by Crippen LogP contribution is -2.14. The summed E-state index contributed by atoms with van der Waals surface area (Å²) in [4.78, 5) is 12.3. The number of sulfonamides is 1. The Balaban J connectivity index is 1.46. The van der Waals surface area contributed by atoms with Crippen LogP contribution in [0.3, 0.4) is 0 Å². The van der Waals surface area contributed by atoms with Gasteiger partial charge in [-0.05, 0) is 53.6 Å². The minimum absolute atomic E-state index is 0.0983. The van der Waals surface area contributed by atoms with Crippen molar-refractivity contribution >= 4 is 38.1 Å². The van der Waals surface area contributed by atoms with Crippen molar-refractivity contribution in [3.05, 3.63) is 60.2 Å². The first kappa shape index (κ1) is 18.0. The van der Waals surface area contributed by atoms with Crippen LogP contribution in [0.15, 0.2) is 59.5 Å². The van der Waals surface area contributed by atoms with Crippen molar-refractivity contribution < 1.29 is 13.2 Å². The third-order valence-corrected chi connectivity index (χ3v) is 7.00. The summed E-state index contributed by atoms with van der Waals surface area (Å²) in [6, 6.07) is 15.5. The van der Waals surface area contributed by atoms with Crippen molar-refractivity contribution in [3.63, 3.8) is 0 Å². The molecule has 2 aliphatic rings. The second-order valence-electron chi connectivity index (χ2n) is 7.62. The third-order valence-electron chi connectivity index (χ3n) is 5.58. The summed E-state index contributed by atoms with van der Waals surface area (Å²) in [7, 11) is -3.96. The van der Waals surface area contributed by atoms with Crippen molar-refractivity contribution in [3.8, 4) is 11.4 Å². The normalized spacial score (nSPS) is 15.3. The van der Waals surface area contributed by atoms with Crippen LogP contribution in [0.2, 0.25) is 0 Å². The largest absolute Gasteiger partial charge is 0.321 e. The van der Waals surface area contributed by atoms with Crippen molar-refractivity contribution in [2.24, 2.45) is 0 Å². The molecule has 1 saturated carbocycles. The zero-order valence-electron chi connectivity index (χ0n) is 16.1.